The molecule has 0 spiro atoms. The molecule has 5 nitrogen and oxygen atoms in total. The van der Waals surface area contributed by atoms with Crippen LogP contribution in [0.5, 0.6) is 0 Å². The summed E-state index contributed by atoms with van der Waals surface area (Å²) in [7, 11) is 0. The van der Waals surface area contributed by atoms with Crippen molar-refractivity contribution in [2.24, 2.45) is 11.7 Å². The van der Waals surface area contributed by atoms with Gasteiger partial charge in [0.25, 0.3) is 0 Å². The van der Waals surface area contributed by atoms with Gasteiger partial charge in [0, 0.05) is 12.6 Å². The molecule has 0 aromatic heterocycles. The normalized spacial score (nSPS) is 23.4. The third-order valence-electron chi connectivity index (χ3n) is 2.57. The first-order chi connectivity index (χ1) is 7.54. The smallest absolute Gasteiger partial charge is 0.323 e. The summed E-state index contributed by atoms with van der Waals surface area (Å²) in [5, 5.41) is 8.72. The molecule has 1 aliphatic carbocycles. The molecule has 3 N–H and O–H groups in total. The summed E-state index contributed by atoms with van der Waals surface area (Å²) in [6.45, 7) is 2.16. The van der Waals surface area contributed by atoms with Crippen molar-refractivity contribution in [3.05, 3.63) is 12.2 Å². The molecule has 1 rings (SSSR count). The fraction of sp³-hybridized carbons (Fsp3) is 0.636. The number of amides is 1. The fourth-order valence-electron chi connectivity index (χ4n) is 1.85. The second kappa shape index (κ2) is 5.65. The van der Waals surface area contributed by atoms with Gasteiger partial charge >= 0.3 is 5.97 Å². The highest BCUT2D eigenvalue weighted by Gasteiger charge is 2.27. The topological polar surface area (TPSA) is 83.6 Å². The summed E-state index contributed by atoms with van der Waals surface area (Å²) < 4.78 is 0. The molecule has 0 heterocycles. The van der Waals surface area contributed by atoms with Crippen molar-refractivity contribution in [3.63, 3.8) is 0 Å². The second-order valence-corrected chi connectivity index (χ2v) is 4.04. The van der Waals surface area contributed by atoms with E-state index in [1.165, 1.54) is 4.90 Å². The maximum absolute atomic E-state index is 12.0. The molecule has 5 heteroatoms. The number of nitrogens with zero attached hydrogens (tertiary/aromatic N) is 1. The van der Waals surface area contributed by atoms with Gasteiger partial charge in [0.15, 0.2) is 0 Å². The number of carbonyl (C=O) groups is 2. The number of hydrogen-bond donors (Lipinski definition) is 2. The highest BCUT2D eigenvalue weighted by Crippen LogP contribution is 2.19. The van der Waals surface area contributed by atoms with Crippen LogP contribution in [0.1, 0.15) is 19.8 Å². The monoisotopic (exact) mass is 226 g/mol. The molecule has 16 heavy (non-hydrogen) atoms. The lowest BCUT2D eigenvalue weighted by molar-refractivity contribution is -0.145. The Morgan fingerprint density at radius 1 is 1.50 bits per heavy atom. The Balaban J connectivity index is 2.60. The number of carboxylic acid groups (broad SMARTS) is 1. The first kappa shape index (κ1) is 12.7. The second-order valence-electron chi connectivity index (χ2n) is 4.04. The Bertz CT molecular complexity index is 302. The van der Waals surface area contributed by atoms with Crippen LogP contribution in [0.15, 0.2) is 12.2 Å². The summed E-state index contributed by atoms with van der Waals surface area (Å²) in [6.07, 6.45) is 4.91. The minimum absolute atomic E-state index is 0.0812. The van der Waals surface area contributed by atoms with Crippen LogP contribution in [0.3, 0.4) is 0 Å². The van der Waals surface area contributed by atoms with Gasteiger partial charge in [0.2, 0.25) is 5.91 Å². The Hall–Kier alpha value is -1.36. The van der Waals surface area contributed by atoms with Crippen LogP contribution in [0.25, 0.3) is 0 Å². The third kappa shape index (κ3) is 3.34. The van der Waals surface area contributed by atoms with E-state index in [2.05, 4.69) is 0 Å². The van der Waals surface area contributed by atoms with Crippen molar-refractivity contribution >= 4 is 11.9 Å². The maximum atomic E-state index is 12.0. The summed E-state index contributed by atoms with van der Waals surface area (Å²) in [5.74, 6) is -1.36. The first-order valence-electron chi connectivity index (χ1n) is 5.49. The van der Waals surface area contributed by atoms with Crippen LogP contribution in [0.2, 0.25) is 0 Å². The van der Waals surface area contributed by atoms with E-state index in [4.69, 9.17) is 10.8 Å². The largest absolute Gasteiger partial charge is 0.480 e. The Labute approximate surface area is 94.9 Å². The quantitative estimate of drug-likeness (QED) is 0.656. The zero-order valence-corrected chi connectivity index (χ0v) is 9.43. The number of hydrogen-bond acceptors (Lipinski definition) is 3. The Kier molecular flexibility index (Phi) is 4.49. The van der Waals surface area contributed by atoms with E-state index in [1.54, 1.807) is 12.2 Å². The zero-order valence-electron chi connectivity index (χ0n) is 9.43. The first-order valence-corrected chi connectivity index (χ1v) is 5.49. The molecule has 0 radical (unpaired) electrons. The molecule has 1 aliphatic rings. The van der Waals surface area contributed by atoms with Crippen LogP contribution in [-0.2, 0) is 9.59 Å². The van der Waals surface area contributed by atoms with Gasteiger partial charge in [0.1, 0.15) is 6.54 Å². The SMILES string of the molecule is CCCN(CC(=O)O)C(=O)C1C=CC(N)C1. The molecule has 0 saturated heterocycles. The summed E-state index contributed by atoms with van der Waals surface area (Å²) in [4.78, 5) is 24.0. The van der Waals surface area contributed by atoms with Crippen LogP contribution < -0.4 is 5.73 Å². The molecular formula is C11H18N2O3. The zero-order chi connectivity index (χ0) is 12.1. The summed E-state index contributed by atoms with van der Waals surface area (Å²) in [5.41, 5.74) is 5.66. The number of carbonyl (C=O) groups excluding carboxylic acids is 1. The van der Waals surface area contributed by atoms with Gasteiger partial charge in [-0.1, -0.05) is 19.1 Å². The number of aliphatic carboxylic acids is 1. The van der Waals surface area contributed by atoms with Gasteiger partial charge in [-0.05, 0) is 12.8 Å². The van der Waals surface area contributed by atoms with E-state index in [9.17, 15) is 9.59 Å². The standard InChI is InChI=1S/C11H18N2O3/c1-2-5-13(7-10(14)15)11(16)8-3-4-9(12)6-8/h3-4,8-9H,2,5-7,12H2,1H3,(H,14,15). The van der Waals surface area contributed by atoms with Gasteiger partial charge in [-0.2, -0.15) is 0 Å². The highest BCUT2D eigenvalue weighted by molar-refractivity contribution is 5.84. The van der Waals surface area contributed by atoms with E-state index in [0.717, 1.165) is 6.42 Å². The molecule has 0 fully saturated rings. The predicted molar refractivity (Wildman–Crippen MR) is 59.7 cm³/mol. The molecule has 0 bridgehead atoms. The summed E-state index contributed by atoms with van der Waals surface area (Å²) >= 11 is 0. The van der Waals surface area contributed by atoms with Crippen LogP contribution in [0.4, 0.5) is 0 Å². The van der Waals surface area contributed by atoms with Gasteiger partial charge in [-0.15, -0.1) is 0 Å². The molecule has 2 atom stereocenters. The number of carboxylic acids is 1. The average molecular weight is 226 g/mol. The van der Waals surface area contributed by atoms with E-state index >= 15 is 0 Å². The molecule has 0 saturated carbocycles. The minimum Gasteiger partial charge on any atom is -0.480 e. The van der Waals surface area contributed by atoms with Gasteiger partial charge in [-0.3, -0.25) is 9.59 Å². The molecule has 0 aliphatic heterocycles. The summed E-state index contributed by atoms with van der Waals surface area (Å²) in [6, 6.07) is -0.0812. The third-order valence-corrected chi connectivity index (χ3v) is 2.57. The Morgan fingerprint density at radius 3 is 2.62 bits per heavy atom. The maximum Gasteiger partial charge on any atom is 0.323 e. The average Bonchev–Trinajstić information content (AvgIpc) is 2.62. The van der Waals surface area contributed by atoms with Crippen LogP contribution in [0, 0.1) is 5.92 Å². The predicted octanol–water partition coefficient (Wildman–Crippen LogP) is 0.213. The molecule has 1 amide bonds. The van der Waals surface area contributed by atoms with Gasteiger partial charge < -0.3 is 15.7 Å². The van der Waals surface area contributed by atoms with Crippen LogP contribution in [-0.4, -0.2) is 41.0 Å². The van der Waals surface area contributed by atoms with Gasteiger partial charge in [-0.25, -0.2) is 0 Å². The van der Waals surface area contributed by atoms with E-state index < -0.39 is 5.97 Å². The highest BCUT2D eigenvalue weighted by atomic mass is 16.4. The Morgan fingerprint density at radius 2 is 2.19 bits per heavy atom. The lowest BCUT2D eigenvalue weighted by Crippen LogP contribution is -2.39. The molecule has 0 aromatic carbocycles. The van der Waals surface area contributed by atoms with E-state index in [-0.39, 0.29) is 24.4 Å². The fourth-order valence-corrected chi connectivity index (χ4v) is 1.85. The lowest BCUT2D eigenvalue weighted by Gasteiger charge is -2.23. The van der Waals surface area contributed by atoms with Crippen molar-refractivity contribution < 1.29 is 14.7 Å². The number of rotatable bonds is 5. The van der Waals surface area contributed by atoms with E-state index in [1.807, 2.05) is 6.92 Å². The molecule has 0 aromatic rings. The molecular weight excluding hydrogens is 208 g/mol. The lowest BCUT2D eigenvalue weighted by atomic mass is 10.1. The van der Waals surface area contributed by atoms with Crippen molar-refractivity contribution in [2.75, 3.05) is 13.1 Å². The van der Waals surface area contributed by atoms with E-state index in [0.29, 0.717) is 13.0 Å². The minimum atomic E-state index is -0.979. The van der Waals surface area contributed by atoms with Gasteiger partial charge in [0.05, 0.1) is 5.92 Å². The van der Waals surface area contributed by atoms with Crippen molar-refractivity contribution in [3.8, 4) is 0 Å². The van der Waals surface area contributed by atoms with Crippen LogP contribution >= 0.6 is 0 Å². The van der Waals surface area contributed by atoms with Crippen molar-refractivity contribution in [1.82, 2.24) is 4.90 Å². The molecule has 90 valence electrons. The van der Waals surface area contributed by atoms with Crippen molar-refractivity contribution in [1.29, 1.82) is 0 Å². The number of nitrogens with two attached hydrogens (primary N) is 1. The van der Waals surface area contributed by atoms with Crippen molar-refractivity contribution in [2.45, 2.75) is 25.8 Å². The molecule has 2 unspecified atom stereocenters.